The average Bonchev–Trinajstić information content (AvgIpc) is 2.48. The standard InChI is InChI=1S/C13H28N2O.C3H6O2/c1-4-7-9-11-14-13(16)15(6-3)12-10-8-5-2;1-2-3(4)5/h4-12H2,1-3H3,(H,14,16);2H2,1H3,(H,4,5). The molecule has 0 heterocycles. The molecule has 0 aliphatic carbocycles. The van der Waals surface area contributed by atoms with Crippen molar-refractivity contribution in [3.05, 3.63) is 0 Å². The third kappa shape index (κ3) is 16.7. The van der Waals surface area contributed by atoms with Crippen LogP contribution in [0.1, 0.15) is 72.6 Å². The fourth-order valence-electron chi connectivity index (χ4n) is 1.64. The Morgan fingerprint density at radius 1 is 0.952 bits per heavy atom. The third-order valence-electron chi connectivity index (χ3n) is 3.06. The molecule has 5 nitrogen and oxygen atoms in total. The maximum absolute atomic E-state index is 11.7. The van der Waals surface area contributed by atoms with Crippen LogP contribution in [0.2, 0.25) is 0 Å². The zero-order valence-corrected chi connectivity index (χ0v) is 14.3. The summed E-state index contributed by atoms with van der Waals surface area (Å²) in [6, 6.07) is 0.106. The Balaban J connectivity index is 0. The van der Waals surface area contributed by atoms with Crippen LogP contribution in [0, 0.1) is 0 Å². The van der Waals surface area contributed by atoms with E-state index in [2.05, 4.69) is 19.2 Å². The molecule has 126 valence electrons. The predicted molar refractivity (Wildman–Crippen MR) is 87.6 cm³/mol. The van der Waals surface area contributed by atoms with Gasteiger partial charge in [0.25, 0.3) is 0 Å². The molecule has 0 fully saturated rings. The number of unbranched alkanes of at least 4 members (excludes halogenated alkanes) is 4. The van der Waals surface area contributed by atoms with Gasteiger partial charge in [0, 0.05) is 26.1 Å². The monoisotopic (exact) mass is 302 g/mol. The molecular weight excluding hydrogens is 268 g/mol. The van der Waals surface area contributed by atoms with Crippen molar-refractivity contribution in [3.63, 3.8) is 0 Å². The molecule has 2 N–H and O–H groups in total. The number of hydrogen-bond acceptors (Lipinski definition) is 2. The first-order valence-corrected chi connectivity index (χ1v) is 8.27. The summed E-state index contributed by atoms with van der Waals surface area (Å²) < 4.78 is 0. The van der Waals surface area contributed by atoms with Gasteiger partial charge in [0.2, 0.25) is 0 Å². The van der Waals surface area contributed by atoms with Crippen LogP contribution in [0.15, 0.2) is 0 Å². The summed E-state index contributed by atoms with van der Waals surface area (Å²) in [5, 5.41) is 10.7. The van der Waals surface area contributed by atoms with Gasteiger partial charge in [0.15, 0.2) is 0 Å². The van der Waals surface area contributed by atoms with E-state index in [-0.39, 0.29) is 12.5 Å². The first kappa shape index (κ1) is 22.0. The molecule has 0 saturated heterocycles. The van der Waals surface area contributed by atoms with Crippen LogP contribution in [0.4, 0.5) is 4.79 Å². The van der Waals surface area contributed by atoms with Crippen molar-refractivity contribution in [1.29, 1.82) is 0 Å². The lowest BCUT2D eigenvalue weighted by Gasteiger charge is -2.21. The molecule has 0 rings (SSSR count). The van der Waals surface area contributed by atoms with E-state index in [4.69, 9.17) is 5.11 Å². The predicted octanol–water partition coefficient (Wildman–Crippen LogP) is 3.88. The molecular formula is C16H34N2O3. The van der Waals surface area contributed by atoms with Crippen LogP contribution in [-0.2, 0) is 4.79 Å². The highest BCUT2D eigenvalue weighted by Gasteiger charge is 2.09. The lowest BCUT2D eigenvalue weighted by atomic mass is 10.2. The van der Waals surface area contributed by atoms with Gasteiger partial charge in [-0.25, -0.2) is 4.79 Å². The van der Waals surface area contributed by atoms with Crippen LogP contribution in [0.3, 0.4) is 0 Å². The van der Waals surface area contributed by atoms with E-state index in [9.17, 15) is 9.59 Å². The van der Waals surface area contributed by atoms with Crippen molar-refractivity contribution >= 4 is 12.0 Å². The van der Waals surface area contributed by atoms with Crippen molar-refractivity contribution in [2.24, 2.45) is 0 Å². The highest BCUT2D eigenvalue weighted by molar-refractivity contribution is 5.74. The van der Waals surface area contributed by atoms with Crippen LogP contribution in [-0.4, -0.2) is 41.6 Å². The van der Waals surface area contributed by atoms with Gasteiger partial charge in [0.1, 0.15) is 0 Å². The van der Waals surface area contributed by atoms with Crippen molar-refractivity contribution in [2.75, 3.05) is 19.6 Å². The van der Waals surface area contributed by atoms with E-state index in [0.717, 1.165) is 32.5 Å². The normalized spacial score (nSPS) is 9.52. The summed E-state index contributed by atoms with van der Waals surface area (Å²) >= 11 is 0. The number of carbonyl (C=O) groups is 2. The van der Waals surface area contributed by atoms with Crippen LogP contribution >= 0.6 is 0 Å². The zero-order valence-electron chi connectivity index (χ0n) is 14.3. The van der Waals surface area contributed by atoms with Gasteiger partial charge >= 0.3 is 12.0 Å². The van der Waals surface area contributed by atoms with Gasteiger partial charge in [-0.2, -0.15) is 0 Å². The minimum Gasteiger partial charge on any atom is -0.481 e. The Morgan fingerprint density at radius 3 is 1.90 bits per heavy atom. The van der Waals surface area contributed by atoms with Gasteiger partial charge in [-0.05, 0) is 19.8 Å². The lowest BCUT2D eigenvalue weighted by molar-refractivity contribution is -0.136. The molecule has 0 saturated carbocycles. The number of rotatable bonds is 10. The number of urea groups is 1. The number of nitrogens with one attached hydrogen (secondary N) is 1. The maximum Gasteiger partial charge on any atom is 0.317 e. The Hall–Kier alpha value is -1.26. The second kappa shape index (κ2) is 16.8. The van der Waals surface area contributed by atoms with Crippen molar-refractivity contribution in [2.45, 2.75) is 72.6 Å². The number of carboxylic acid groups (broad SMARTS) is 1. The first-order chi connectivity index (χ1) is 10.0. The smallest absolute Gasteiger partial charge is 0.317 e. The molecule has 0 atom stereocenters. The molecule has 0 aliphatic heterocycles. The largest absolute Gasteiger partial charge is 0.481 e. The third-order valence-corrected chi connectivity index (χ3v) is 3.06. The zero-order chi connectivity index (χ0) is 16.5. The maximum atomic E-state index is 11.7. The Labute approximate surface area is 130 Å². The molecule has 0 aromatic carbocycles. The van der Waals surface area contributed by atoms with Crippen molar-refractivity contribution in [3.8, 4) is 0 Å². The number of nitrogens with zero attached hydrogens (tertiary/aromatic N) is 1. The number of hydrogen-bond donors (Lipinski definition) is 2. The number of carbonyl (C=O) groups excluding carboxylic acids is 1. The van der Waals surface area contributed by atoms with Crippen molar-refractivity contribution < 1.29 is 14.7 Å². The Morgan fingerprint density at radius 2 is 1.48 bits per heavy atom. The molecule has 5 heteroatoms. The minimum atomic E-state index is -0.745. The van der Waals surface area contributed by atoms with E-state index in [1.807, 2.05) is 11.8 Å². The van der Waals surface area contributed by atoms with Crippen molar-refractivity contribution in [1.82, 2.24) is 10.2 Å². The molecule has 0 bridgehead atoms. The second-order valence-corrected chi connectivity index (χ2v) is 4.97. The fourth-order valence-corrected chi connectivity index (χ4v) is 1.64. The molecule has 0 unspecified atom stereocenters. The van der Waals surface area contributed by atoms with Crippen LogP contribution in [0.5, 0.6) is 0 Å². The summed E-state index contributed by atoms with van der Waals surface area (Å²) in [6.07, 6.45) is 7.24. The highest BCUT2D eigenvalue weighted by atomic mass is 16.4. The average molecular weight is 302 g/mol. The molecule has 0 aliphatic rings. The molecule has 21 heavy (non-hydrogen) atoms. The summed E-state index contributed by atoms with van der Waals surface area (Å²) in [5.74, 6) is -0.745. The van der Waals surface area contributed by atoms with E-state index in [1.165, 1.54) is 25.7 Å². The van der Waals surface area contributed by atoms with E-state index in [0.29, 0.717) is 0 Å². The van der Waals surface area contributed by atoms with Gasteiger partial charge in [-0.15, -0.1) is 0 Å². The van der Waals surface area contributed by atoms with E-state index < -0.39 is 5.97 Å². The van der Waals surface area contributed by atoms with E-state index in [1.54, 1.807) is 6.92 Å². The Kier molecular flexibility index (Phi) is 17.6. The molecule has 0 spiro atoms. The minimum absolute atomic E-state index is 0.106. The highest BCUT2D eigenvalue weighted by Crippen LogP contribution is 1.99. The quantitative estimate of drug-likeness (QED) is 0.602. The van der Waals surface area contributed by atoms with Gasteiger partial charge < -0.3 is 15.3 Å². The van der Waals surface area contributed by atoms with E-state index >= 15 is 0 Å². The molecule has 0 aromatic rings. The second-order valence-electron chi connectivity index (χ2n) is 4.97. The number of amides is 2. The lowest BCUT2D eigenvalue weighted by Crippen LogP contribution is -2.40. The van der Waals surface area contributed by atoms with Crippen LogP contribution < -0.4 is 5.32 Å². The fraction of sp³-hybridized carbons (Fsp3) is 0.875. The van der Waals surface area contributed by atoms with Gasteiger partial charge in [-0.1, -0.05) is 46.5 Å². The van der Waals surface area contributed by atoms with Crippen LogP contribution in [0.25, 0.3) is 0 Å². The SMILES string of the molecule is CCC(=O)O.CCCCCNC(=O)N(CC)CCCCC. The first-order valence-electron chi connectivity index (χ1n) is 8.27. The summed E-state index contributed by atoms with van der Waals surface area (Å²) in [4.78, 5) is 23.0. The molecule has 2 amide bonds. The Bertz CT molecular complexity index is 258. The number of aliphatic carboxylic acids is 1. The number of carboxylic acids is 1. The molecule has 0 aromatic heterocycles. The topological polar surface area (TPSA) is 69.6 Å². The van der Waals surface area contributed by atoms with Gasteiger partial charge in [-0.3, -0.25) is 4.79 Å². The summed E-state index contributed by atoms with van der Waals surface area (Å²) in [7, 11) is 0. The van der Waals surface area contributed by atoms with Gasteiger partial charge in [0.05, 0.1) is 0 Å². The molecule has 0 radical (unpaired) electrons. The summed E-state index contributed by atoms with van der Waals surface area (Å²) in [5.41, 5.74) is 0. The summed E-state index contributed by atoms with van der Waals surface area (Å²) in [6.45, 7) is 10.5.